The van der Waals surface area contributed by atoms with E-state index in [1.165, 1.54) is 19.3 Å². The van der Waals surface area contributed by atoms with Crippen molar-refractivity contribution in [3.8, 4) is 0 Å². The minimum Gasteiger partial charge on any atom is -0.462 e. The van der Waals surface area contributed by atoms with Gasteiger partial charge in [-0.05, 0) is 83.5 Å². The number of ether oxygens (including phenoxy) is 2. The largest absolute Gasteiger partial charge is 0.472 e. The topological polar surface area (TPSA) is 169 Å². The van der Waals surface area contributed by atoms with E-state index in [1.54, 1.807) is 24.3 Å². The Morgan fingerprint density at radius 2 is 1.16 bits per heavy atom. The van der Waals surface area contributed by atoms with E-state index in [1.807, 2.05) is 12.2 Å². The summed E-state index contributed by atoms with van der Waals surface area (Å²) in [5.41, 5.74) is 0. The van der Waals surface area contributed by atoms with E-state index in [0.717, 1.165) is 57.8 Å². The molecule has 0 aliphatic carbocycles. The van der Waals surface area contributed by atoms with Gasteiger partial charge < -0.3 is 29.7 Å². The number of allylic oxidation sites excluding steroid dienone is 16. The molecular formula is C46H73O11P. The molecule has 0 aromatic carbocycles. The van der Waals surface area contributed by atoms with Gasteiger partial charge in [0.25, 0.3) is 0 Å². The molecule has 0 rings (SSSR count). The molecule has 2 unspecified atom stereocenters. The third-order valence-corrected chi connectivity index (χ3v) is 8.96. The van der Waals surface area contributed by atoms with E-state index >= 15 is 0 Å². The zero-order valence-electron chi connectivity index (χ0n) is 35.1. The highest BCUT2D eigenvalue weighted by Crippen LogP contribution is 2.43. The molecule has 0 heterocycles. The van der Waals surface area contributed by atoms with Crippen molar-refractivity contribution in [1.29, 1.82) is 0 Å². The Morgan fingerprint density at radius 3 is 1.76 bits per heavy atom. The molecule has 4 N–H and O–H groups in total. The number of carbonyl (C=O) groups is 2. The van der Waals surface area contributed by atoms with Crippen molar-refractivity contribution in [3.05, 3.63) is 109 Å². The lowest BCUT2D eigenvalue weighted by Gasteiger charge is -2.20. The zero-order valence-corrected chi connectivity index (χ0v) is 36.0. The molecular weight excluding hydrogens is 759 g/mol. The van der Waals surface area contributed by atoms with Crippen molar-refractivity contribution in [1.82, 2.24) is 0 Å². The zero-order chi connectivity index (χ0) is 42.8. The fourth-order valence-corrected chi connectivity index (χ4v) is 5.54. The predicted molar refractivity (Wildman–Crippen MR) is 234 cm³/mol. The first-order valence-corrected chi connectivity index (χ1v) is 22.4. The maximum Gasteiger partial charge on any atom is 0.472 e. The van der Waals surface area contributed by atoms with Crippen molar-refractivity contribution < 1.29 is 52.9 Å². The Hall–Kier alpha value is -3.41. The van der Waals surface area contributed by atoms with E-state index in [2.05, 4.69) is 91.3 Å². The minimum atomic E-state index is -4.68. The number of phosphoric ester groups is 1. The molecule has 0 fully saturated rings. The minimum absolute atomic E-state index is 0.0374. The monoisotopic (exact) mass is 832 g/mol. The van der Waals surface area contributed by atoms with Gasteiger partial charge >= 0.3 is 19.8 Å². The van der Waals surface area contributed by atoms with Gasteiger partial charge in [0.1, 0.15) is 12.7 Å². The van der Waals surface area contributed by atoms with Crippen molar-refractivity contribution in [3.63, 3.8) is 0 Å². The summed E-state index contributed by atoms with van der Waals surface area (Å²) in [6, 6.07) is 0. The molecule has 0 aliphatic rings. The molecule has 0 saturated heterocycles. The van der Waals surface area contributed by atoms with Gasteiger partial charge in [0.2, 0.25) is 0 Å². The molecule has 0 bridgehead atoms. The molecule has 0 saturated carbocycles. The van der Waals surface area contributed by atoms with Crippen LogP contribution in [0.5, 0.6) is 0 Å². The van der Waals surface area contributed by atoms with Crippen LogP contribution in [0.4, 0.5) is 0 Å². The van der Waals surface area contributed by atoms with Crippen LogP contribution in [0, 0.1) is 0 Å². The van der Waals surface area contributed by atoms with Crippen LogP contribution in [0.15, 0.2) is 109 Å². The van der Waals surface area contributed by atoms with Gasteiger partial charge in [-0.2, -0.15) is 0 Å². The molecule has 0 aromatic heterocycles. The highest BCUT2D eigenvalue weighted by molar-refractivity contribution is 7.47. The Balaban J connectivity index is 4.64. The second-order valence-corrected chi connectivity index (χ2v) is 14.9. The van der Waals surface area contributed by atoms with Crippen LogP contribution in [-0.2, 0) is 32.7 Å². The second kappa shape index (κ2) is 40.4. The Bertz CT molecular complexity index is 1340. The van der Waals surface area contributed by atoms with E-state index in [0.29, 0.717) is 19.3 Å². The molecule has 58 heavy (non-hydrogen) atoms. The number of aliphatic hydroxyl groups excluding tert-OH is 3. The summed E-state index contributed by atoms with van der Waals surface area (Å²) in [5.74, 6) is -1.17. The van der Waals surface area contributed by atoms with E-state index in [-0.39, 0.29) is 12.8 Å². The average molecular weight is 833 g/mol. The summed E-state index contributed by atoms with van der Waals surface area (Å²) >= 11 is 0. The fraction of sp³-hybridized carbons (Fsp3) is 0.565. The van der Waals surface area contributed by atoms with E-state index in [4.69, 9.17) is 19.1 Å². The number of rotatable bonds is 37. The summed E-state index contributed by atoms with van der Waals surface area (Å²) in [5, 5.41) is 28.5. The van der Waals surface area contributed by atoms with Gasteiger partial charge in [-0.3, -0.25) is 18.6 Å². The maximum absolute atomic E-state index is 12.6. The van der Waals surface area contributed by atoms with Crippen LogP contribution in [0.1, 0.15) is 123 Å². The third-order valence-electron chi connectivity index (χ3n) is 8.01. The van der Waals surface area contributed by atoms with Crippen molar-refractivity contribution in [2.24, 2.45) is 0 Å². The fourth-order valence-electron chi connectivity index (χ4n) is 4.75. The number of hydrogen-bond acceptors (Lipinski definition) is 10. The number of unbranched alkanes of at least 4 members (excludes halogenated alkanes) is 5. The van der Waals surface area contributed by atoms with Gasteiger partial charge in [0, 0.05) is 12.8 Å². The quantitative estimate of drug-likeness (QED) is 0.0155. The Labute approximate surface area is 348 Å². The van der Waals surface area contributed by atoms with Crippen LogP contribution in [0.2, 0.25) is 0 Å². The van der Waals surface area contributed by atoms with Gasteiger partial charge in [0.15, 0.2) is 6.10 Å². The second-order valence-electron chi connectivity index (χ2n) is 13.5. The number of aliphatic hydroxyl groups is 3. The highest BCUT2D eigenvalue weighted by Gasteiger charge is 2.27. The third kappa shape index (κ3) is 39.4. The molecule has 4 atom stereocenters. The number of carbonyl (C=O) groups excluding carboxylic acids is 2. The van der Waals surface area contributed by atoms with Crippen molar-refractivity contribution >= 4 is 19.8 Å². The summed E-state index contributed by atoms with van der Waals surface area (Å²) in [6.07, 6.45) is 46.6. The lowest BCUT2D eigenvalue weighted by atomic mass is 10.1. The molecule has 328 valence electrons. The van der Waals surface area contributed by atoms with Crippen LogP contribution >= 0.6 is 7.82 Å². The molecule has 0 aliphatic heterocycles. The molecule has 0 aromatic rings. The van der Waals surface area contributed by atoms with Crippen molar-refractivity contribution in [2.75, 3.05) is 26.4 Å². The SMILES string of the molecule is CC/C=C\C/C=C\C/C=C\C/C=C\C=C/C(O)C/C=C\CCC(=O)O[C@H](COC(=O)CCCC/C=C\C/C=C\C/C=C\CCCCC)COP(=O)(O)OC[C@@H](O)CO. The van der Waals surface area contributed by atoms with Crippen LogP contribution in [-0.4, -0.2) is 76.9 Å². The molecule has 0 spiro atoms. The van der Waals surface area contributed by atoms with E-state index < -0.39 is 64.5 Å². The molecule has 11 nitrogen and oxygen atoms in total. The van der Waals surface area contributed by atoms with E-state index in [9.17, 15) is 29.3 Å². The molecule has 0 amide bonds. The summed E-state index contributed by atoms with van der Waals surface area (Å²) < 4.78 is 32.5. The number of hydrogen-bond donors (Lipinski definition) is 4. The van der Waals surface area contributed by atoms with Crippen LogP contribution in [0.25, 0.3) is 0 Å². The Morgan fingerprint density at radius 1 is 0.603 bits per heavy atom. The molecule has 12 heteroatoms. The first-order chi connectivity index (χ1) is 28.1. The summed E-state index contributed by atoms with van der Waals surface area (Å²) in [4.78, 5) is 34.9. The highest BCUT2D eigenvalue weighted by atomic mass is 31.2. The summed E-state index contributed by atoms with van der Waals surface area (Å²) in [7, 11) is -4.68. The van der Waals surface area contributed by atoms with Gasteiger partial charge in [-0.15, -0.1) is 0 Å². The standard InChI is InChI=1S/C46H73O11P/c1-3-5-7-9-11-13-15-17-18-20-22-24-26-28-32-36-45(50)54-40-44(41-56-58(52,53)55-39-43(49)38-47)57-46(51)37-33-29-31-35-42(48)34-30-27-25-23-21-19-16-14-12-10-8-6-4-2/h6,8,11-14,17-19,21-22,24-25,27,29-31,34,42-44,47-49H,3-5,7,9-10,15-16,20,23,26,28,32-33,35-41H2,1-2H3,(H,52,53)/b8-6-,13-11-,14-12-,18-17-,21-19-,24-22-,27-25-,31-29-,34-30-/t42?,43-,44+/m0/s1. The smallest absolute Gasteiger partial charge is 0.462 e. The predicted octanol–water partition coefficient (Wildman–Crippen LogP) is 9.97. The molecule has 0 radical (unpaired) electrons. The number of esters is 2. The lowest BCUT2D eigenvalue weighted by Crippen LogP contribution is -2.29. The average Bonchev–Trinajstić information content (AvgIpc) is 3.21. The van der Waals surface area contributed by atoms with Crippen LogP contribution < -0.4 is 0 Å². The number of phosphoric acid groups is 1. The van der Waals surface area contributed by atoms with Gasteiger partial charge in [-0.25, -0.2) is 4.57 Å². The van der Waals surface area contributed by atoms with Crippen LogP contribution in [0.3, 0.4) is 0 Å². The van der Waals surface area contributed by atoms with Gasteiger partial charge in [-0.1, -0.05) is 136 Å². The first-order valence-electron chi connectivity index (χ1n) is 21.0. The van der Waals surface area contributed by atoms with Gasteiger partial charge in [0.05, 0.1) is 25.9 Å². The summed E-state index contributed by atoms with van der Waals surface area (Å²) in [6.45, 7) is 1.95. The maximum atomic E-state index is 12.6. The van der Waals surface area contributed by atoms with Crippen molar-refractivity contribution in [2.45, 2.75) is 141 Å². The lowest BCUT2D eigenvalue weighted by molar-refractivity contribution is -0.161. The normalized spacial score (nSPS) is 15.5. The first kappa shape index (κ1) is 54.6. The Kier molecular flexibility index (Phi) is 38.0.